The average Bonchev–Trinajstić information content (AvgIpc) is 3.18. The van der Waals surface area contributed by atoms with E-state index in [2.05, 4.69) is 0 Å². The molecule has 3 heterocycles. The first kappa shape index (κ1) is 19.6. The standard InChI is InChI=1S/C21H22FN3O3S/c1-13-11-15(6-7-16(13)22)25-20(27)19-17(8-10-29-19)24(21(25)28)12-18(26)23-9-4-3-5-14(23)2/h6-8,10-11,14H,3-5,9,12H2,1-2H3. The summed E-state index contributed by atoms with van der Waals surface area (Å²) in [5.74, 6) is -0.541. The van der Waals surface area contributed by atoms with Gasteiger partial charge in [0.15, 0.2) is 0 Å². The van der Waals surface area contributed by atoms with Gasteiger partial charge in [-0.15, -0.1) is 11.3 Å². The fourth-order valence-electron chi connectivity index (χ4n) is 3.93. The van der Waals surface area contributed by atoms with Crippen molar-refractivity contribution in [2.75, 3.05) is 6.54 Å². The molecule has 1 fully saturated rings. The molecule has 0 aliphatic carbocycles. The second-order valence-corrected chi connectivity index (χ2v) is 8.43. The Morgan fingerprint density at radius 1 is 1.24 bits per heavy atom. The summed E-state index contributed by atoms with van der Waals surface area (Å²) in [5, 5.41) is 1.73. The van der Waals surface area contributed by atoms with Gasteiger partial charge in [0.1, 0.15) is 17.1 Å². The number of benzene rings is 1. The molecule has 0 radical (unpaired) electrons. The Bertz CT molecular complexity index is 1210. The monoisotopic (exact) mass is 415 g/mol. The average molecular weight is 415 g/mol. The normalized spacial score (nSPS) is 17.1. The number of rotatable bonds is 3. The van der Waals surface area contributed by atoms with Gasteiger partial charge in [0, 0.05) is 12.6 Å². The van der Waals surface area contributed by atoms with E-state index in [1.165, 1.54) is 34.1 Å². The molecule has 0 bridgehead atoms. The van der Waals surface area contributed by atoms with Crippen LogP contribution in [0.4, 0.5) is 4.39 Å². The third kappa shape index (κ3) is 3.42. The minimum Gasteiger partial charge on any atom is -0.338 e. The minimum atomic E-state index is -0.593. The van der Waals surface area contributed by atoms with Crippen LogP contribution in [0.25, 0.3) is 15.9 Å². The molecule has 3 aromatic rings. The Balaban J connectivity index is 1.85. The van der Waals surface area contributed by atoms with Crippen molar-refractivity contribution in [2.45, 2.75) is 45.7 Å². The molecule has 1 unspecified atom stereocenters. The Labute approximate surface area is 170 Å². The van der Waals surface area contributed by atoms with Gasteiger partial charge in [-0.1, -0.05) is 0 Å². The summed E-state index contributed by atoms with van der Waals surface area (Å²) in [6, 6.07) is 5.94. The lowest BCUT2D eigenvalue weighted by atomic mass is 10.0. The van der Waals surface area contributed by atoms with E-state index in [0.717, 1.165) is 23.8 Å². The van der Waals surface area contributed by atoms with Gasteiger partial charge < -0.3 is 4.90 Å². The molecule has 0 N–H and O–H groups in total. The zero-order valence-corrected chi connectivity index (χ0v) is 17.2. The zero-order valence-electron chi connectivity index (χ0n) is 16.4. The number of carbonyl (C=O) groups excluding carboxylic acids is 1. The number of thiophene rings is 1. The van der Waals surface area contributed by atoms with E-state index in [-0.39, 0.29) is 18.5 Å². The van der Waals surface area contributed by atoms with Crippen LogP contribution in [-0.2, 0) is 11.3 Å². The molecule has 1 aromatic carbocycles. The summed E-state index contributed by atoms with van der Waals surface area (Å²) in [7, 11) is 0. The van der Waals surface area contributed by atoms with Crippen LogP contribution in [0, 0.1) is 12.7 Å². The van der Waals surface area contributed by atoms with E-state index in [0.29, 0.717) is 28.0 Å². The number of hydrogen-bond donors (Lipinski definition) is 0. The van der Waals surface area contributed by atoms with E-state index in [4.69, 9.17) is 0 Å². The topological polar surface area (TPSA) is 64.3 Å². The number of aryl methyl sites for hydroxylation is 1. The number of aromatic nitrogens is 2. The first-order chi connectivity index (χ1) is 13.9. The zero-order chi connectivity index (χ0) is 20.7. The Kier molecular flexibility index (Phi) is 5.12. The van der Waals surface area contributed by atoms with Crippen LogP contribution in [0.5, 0.6) is 0 Å². The molecule has 1 aliphatic heterocycles. The molecule has 152 valence electrons. The number of carbonyl (C=O) groups is 1. The molecule has 29 heavy (non-hydrogen) atoms. The van der Waals surface area contributed by atoms with Gasteiger partial charge in [0.05, 0.1) is 11.2 Å². The lowest BCUT2D eigenvalue weighted by Gasteiger charge is -2.33. The molecule has 8 heteroatoms. The Hall–Kier alpha value is -2.74. The molecule has 1 aliphatic rings. The van der Waals surface area contributed by atoms with E-state index >= 15 is 0 Å². The number of piperidine rings is 1. The highest BCUT2D eigenvalue weighted by molar-refractivity contribution is 7.17. The fourth-order valence-corrected chi connectivity index (χ4v) is 4.75. The van der Waals surface area contributed by atoms with Crippen LogP contribution in [-0.4, -0.2) is 32.5 Å². The lowest BCUT2D eigenvalue weighted by Crippen LogP contribution is -2.46. The minimum absolute atomic E-state index is 0.128. The van der Waals surface area contributed by atoms with Crippen LogP contribution in [0.15, 0.2) is 39.2 Å². The van der Waals surface area contributed by atoms with Crippen molar-refractivity contribution < 1.29 is 9.18 Å². The maximum atomic E-state index is 13.7. The first-order valence-electron chi connectivity index (χ1n) is 9.67. The highest BCUT2D eigenvalue weighted by atomic mass is 32.1. The van der Waals surface area contributed by atoms with Crippen molar-refractivity contribution >= 4 is 27.5 Å². The van der Waals surface area contributed by atoms with Crippen molar-refractivity contribution in [3.8, 4) is 5.69 Å². The van der Waals surface area contributed by atoms with Crippen molar-refractivity contribution in [1.82, 2.24) is 14.0 Å². The molecular weight excluding hydrogens is 393 g/mol. The summed E-state index contributed by atoms with van der Waals surface area (Å²) in [5.41, 5.74) is 0.0376. The van der Waals surface area contributed by atoms with Gasteiger partial charge in [-0.05, 0) is 68.3 Å². The fraction of sp³-hybridized carbons (Fsp3) is 0.381. The van der Waals surface area contributed by atoms with Crippen molar-refractivity contribution in [2.24, 2.45) is 0 Å². The predicted molar refractivity (Wildman–Crippen MR) is 111 cm³/mol. The van der Waals surface area contributed by atoms with Crippen molar-refractivity contribution in [3.05, 3.63) is 61.9 Å². The van der Waals surface area contributed by atoms with Gasteiger partial charge in [-0.2, -0.15) is 0 Å². The molecule has 4 rings (SSSR count). The largest absolute Gasteiger partial charge is 0.338 e. The lowest BCUT2D eigenvalue weighted by molar-refractivity contribution is -0.135. The second-order valence-electron chi connectivity index (χ2n) is 7.51. The van der Waals surface area contributed by atoms with Crippen LogP contribution < -0.4 is 11.2 Å². The van der Waals surface area contributed by atoms with E-state index in [1.807, 2.05) is 11.8 Å². The first-order valence-corrected chi connectivity index (χ1v) is 10.6. The Morgan fingerprint density at radius 2 is 2.03 bits per heavy atom. The maximum Gasteiger partial charge on any atom is 0.336 e. The maximum absolute atomic E-state index is 13.7. The van der Waals surface area contributed by atoms with Crippen LogP contribution in [0.2, 0.25) is 0 Å². The highest BCUT2D eigenvalue weighted by Gasteiger charge is 2.25. The summed E-state index contributed by atoms with van der Waals surface area (Å²) in [6.45, 7) is 4.14. The highest BCUT2D eigenvalue weighted by Crippen LogP contribution is 2.20. The third-order valence-corrected chi connectivity index (χ3v) is 6.46. The molecule has 2 aromatic heterocycles. The van der Waals surface area contributed by atoms with Crippen molar-refractivity contribution in [1.29, 1.82) is 0 Å². The van der Waals surface area contributed by atoms with Gasteiger partial charge >= 0.3 is 5.69 Å². The number of nitrogens with zero attached hydrogens (tertiary/aromatic N) is 3. The summed E-state index contributed by atoms with van der Waals surface area (Å²) in [6.07, 6.45) is 2.99. The SMILES string of the molecule is Cc1cc(-n2c(=O)c3sccc3n(CC(=O)N3CCCCC3C)c2=O)ccc1F. The van der Waals surface area contributed by atoms with Gasteiger partial charge in [-0.25, -0.2) is 13.8 Å². The van der Waals surface area contributed by atoms with Crippen LogP contribution in [0.3, 0.4) is 0 Å². The third-order valence-electron chi connectivity index (χ3n) is 5.57. The predicted octanol–water partition coefficient (Wildman–Crippen LogP) is 3.06. The summed E-state index contributed by atoms with van der Waals surface area (Å²) >= 11 is 1.22. The summed E-state index contributed by atoms with van der Waals surface area (Å²) < 4.78 is 16.5. The molecule has 6 nitrogen and oxygen atoms in total. The number of hydrogen-bond acceptors (Lipinski definition) is 4. The molecule has 0 spiro atoms. The molecule has 1 saturated heterocycles. The van der Waals surface area contributed by atoms with E-state index in [1.54, 1.807) is 18.4 Å². The molecule has 1 atom stereocenters. The molecular formula is C21H22FN3O3S. The number of halogens is 1. The quantitative estimate of drug-likeness (QED) is 0.660. The second kappa shape index (κ2) is 7.59. The number of fused-ring (bicyclic) bond motifs is 1. The molecule has 0 saturated carbocycles. The van der Waals surface area contributed by atoms with Gasteiger partial charge in [-0.3, -0.25) is 14.2 Å². The van der Waals surface area contributed by atoms with Crippen LogP contribution >= 0.6 is 11.3 Å². The van der Waals surface area contributed by atoms with Gasteiger partial charge in [0.2, 0.25) is 5.91 Å². The van der Waals surface area contributed by atoms with E-state index in [9.17, 15) is 18.8 Å². The van der Waals surface area contributed by atoms with Crippen molar-refractivity contribution in [3.63, 3.8) is 0 Å². The Morgan fingerprint density at radius 3 is 2.76 bits per heavy atom. The van der Waals surface area contributed by atoms with Crippen LogP contribution in [0.1, 0.15) is 31.7 Å². The van der Waals surface area contributed by atoms with Gasteiger partial charge in [0.25, 0.3) is 5.56 Å². The molecule has 1 amide bonds. The number of amides is 1. The summed E-state index contributed by atoms with van der Waals surface area (Å²) in [4.78, 5) is 41.0. The number of likely N-dealkylation sites (tertiary alicyclic amines) is 1. The smallest absolute Gasteiger partial charge is 0.336 e. The van der Waals surface area contributed by atoms with E-state index < -0.39 is 17.1 Å².